The molecule has 2 rings (SSSR count). The van der Waals surface area contributed by atoms with E-state index in [9.17, 15) is 0 Å². The molecule has 4 nitrogen and oxygen atoms in total. The number of piperidine rings is 1. The van der Waals surface area contributed by atoms with Crippen LogP contribution in [0.1, 0.15) is 24.8 Å². The van der Waals surface area contributed by atoms with Gasteiger partial charge in [0.05, 0.1) is 11.9 Å². The van der Waals surface area contributed by atoms with Crippen LogP contribution >= 0.6 is 0 Å². The SMILES string of the molecule is Cc1cc(N)cnc1NCC1CCCCN1C. The molecule has 0 bridgehead atoms. The molecular weight excluding hydrogens is 212 g/mol. The van der Waals surface area contributed by atoms with Crippen LogP contribution in [0.3, 0.4) is 0 Å². The van der Waals surface area contributed by atoms with Gasteiger partial charge in [-0.15, -0.1) is 0 Å². The lowest BCUT2D eigenvalue weighted by molar-refractivity contribution is 0.194. The van der Waals surface area contributed by atoms with Crippen LogP contribution in [0.4, 0.5) is 11.5 Å². The second kappa shape index (κ2) is 5.36. The Labute approximate surface area is 103 Å². The average molecular weight is 234 g/mol. The second-order valence-corrected chi connectivity index (χ2v) is 4.95. The third-order valence-electron chi connectivity index (χ3n) is 3.53. The second-order valence-electron chi connectivity index (χ2n) is 4.95. The number of nitrogens with one attached hydrogen (secondary N) is 1. The van der Waals surface area contributed by atoms with Gasteiger partial charge in [-0.3, -0.25) is 0 Å². The summed E-state index contributed by atoms with van der Waals surface area (Å²) in [7, 11) is 2.20. The number of nitrogen functional groups attached to an aromatic ring is 1. The topological polar surface area (TPSA) is 54.2 Å². The van der Waals surface area contributed by atoms with Crippen LogP contribution in [0.25, 0.3) is 0 Å². The summed E-state index contributed by atoms with van der Waals surface area (Å²) in [5.74, 6) is 0.957. The zero-order chi connectivity index (χ0) is 12.3. The van der Waals surface area contributed by atoms with E-state index in [-0.39, 0.29) is 0 Å². The van der Waals surface area contributed by atoms with E-state index in [1.165, 1.54) is 25.8 Å². The molecule has 1 aliphatic rings. The van der Waals surface area contributed by atoms with Crippen LogP contribution in [-0.2, 0) is 0 Å². The molecule has 2 heterocycles. The number of pyridine rings is 1. The van der Waals surface area contributed by atoms with Crippen LogP contribution in [0, 0.1) is 6.92 Å². The van der Waals surface area contributed by atoms with E-state index >= 15 is 0 Å². The Bertz CT molecular complexity index is 378. The first-order valence-corrected chi connectivity index (χ1v) is 6.33. The summed E-state index contributed by atoms with van der Waals surface area (Å²) in [6, 6.07) is 2.59. The van der Waals surface area contributed by atoms with Gasteiger partial charge in [0, 0.05) is 12.6 Å². The Morgan fingerprint density at radius 2 is 2.35 bits per heavy atom. The predicted molar refractivity (Wildman–Crippen MR) is 72.1 cm³/mol. The van der Waals surface area contributed by atoms with E-state index in [4.69, 9.17) is 5.73 Å². The summed E-state index contributed by atoms with van der Waals surface area (Å²) in [5.41, 5.74) is 7.53. The largest absolute Gasteiger partial charge is 0.397 e. The Balaban J connectivity index is 1.92. The summed E-state index contributed by atoms with van der Waals surface area (Å²) in [6.07, 6.45) is 5.65. The highest BCUT2D eigenvalue weighted by Gasteiger charge is 2.18. The maximum atomic E-state index is 5.69. The number of aromatic nitrogens is 1. The highest BCUT2D eigenvalue weighted by molar-refractivity contribution is 5.50. The van der Waals surface area contributed by atoms with Crippen LogP contribution in [-0.4, -0.2) is 36.1 Å². The summed E-state index contributed by atoms with van der Waals surface area (Å²) in [6.45, 7) is 4.21. The fourth-order valence-corrected chi connectivity index (χ4v) is 2.40. The molecule has 1 fully saturated rings. The standard InChI is InChI=1S/C13H22N4/c1-10-7-11(14)8-15-13(10)16-9-12-5-3-4-6-17(12)2/h7-8,12H,3-6,9,14H2,1-2H3,(H,15,16). The molecule has 0 aliphatic carbocycles. The first kappa shape index (κ1) is 12.2. The van der Waals surface area contributed by atoms with E-state index in [0.717, 1.165) is 23.6 Å². The van der Waals surface area contributed by atoms with E-state index in [1.807, 2.05) is 13.0 Å². The number of nitrogens with zero attached hydrogens (tertiary/aromatic N) is 2. The molecule has 1 aromatic rings. The van der Waals surface area contributed by atoms with Gasteiger partial charge in [0.2, 0.25) is 0 Å². The van der Waals surface area contributed by atoms with Crippen molar-refractivity contribution in [3.63, 3.8) is 0 Å². The van der Waals surface area contributed by atoms with E-state index < -0.39 is 0 Å². The Kier molecular flexibility index (Phi) is 3.84. The fourth-order valence-electron chi connectivity index (χ4n) is 2.40. The third-order valence-corrected chi connectivity index (χ3v) is 3.53. The molecule has 17 heavy (non-hydrogen) atoms. The minimum atomic E-state index is 0.627. The Hall–Kier alpha value is -1.29. The van der Waals surface area contributed by atoms with Crippen LogP contribution in [0.2, 0.25) is 0 Å². The minimum absolute atomic E-state index is 0.627. The molecule has 0 amide bonds. The van der Waals surface area contributed by atoms with Crippen LogP contribution in [0.5, 0.6) is 0 Å². The zero-order valence-corrected chi connectivity index (χ0v) is 10.7. The zero-order valence-electron chi connectivity index (χ0n) is 10.7. The van der Waals surface area contributed by atoms with Gasteiger partial charge < -0.3 is 16.0 Å². The van der Waals surface area contributed by atoms with Gasteiger partial charge in [-0.05, 0) is 45.0 Å². The van der Waals surface area contributed by atoms with Gasteiger partial charge >= 0.3 is 0 Å². The normalized spacial score (nSPS) is 21.4. The van der Waals surface area contributed by atoms with Crippen LogP contribution < -0.4 is 11.1 Å². The van der Waals surface area contributed by atoms with Gasteiger partial charge in [0.1, 0.15) is 5.82 Å². The van der Waals surface area contributed by atoms with Crippen molar-refractivity contribution in [2.45, 2.75) is 32.2 Å². The number of likely N-dealkylation sites (tertiary alicyclic amines) is 1. The molecule has 1 aliphatic heterocycles. The van der Waals surface area contributed by atoms with Crippen molar-refractivity contribution in [2.75, 3.05) is 31.2 Å². The van der Waals surface area contributed by atoms with E-state index in [2.05, 4.69) is 22.2 Å². The molecular formula is C13H22N4. The molecule has 0 radical (unpaired) electrons. The molecule has 0 aromatic carbocycles. The number of hydrogen-bond donors (Lipinski definition) is 2. The van der Waals surface area contributed by atoms with Crippen molar-refractivity contribution >= 4 is 11.5 Å². The quantitative estimate of drug-likeness (QED) is 0.838. The predicted octanol–water partition coefficient (Wildman–Crippen LogP) is 1.87. The highest BCUT2D eigenvalue weighted by atomic mass is 15.2. The number of aryl methyl sites for hydroxylation is 1. The number of hydrogen-bond acceptors (Lipinski definition) is 4. The lowest BCUT2D eigenvalue weighted by atomic mass is 10.0. The molecule has 3 N–H and O–H groups in total. The summed E-state index contributed by atoms with van der Waals surface area (Å²) in [4.78, 5) is 6.77. The van der Waals surface area contributed by atoms with Crippen molar-refractivity contribution < 1.29 is 0 Å². The maximum Gasteiger partial charge on any atom is 0.129 e. The smallest absolute Gasteiger partial charge is 0.129 e. The highest BCUT2D eigenvalue weighted by Crippen LogP contribution is 2.17. The Morgan fingerprint density at radius 1 is 1.53 bits per heavy atom. The maximum absolute atomic E-state index is 5.69. The third kappa shape index (κ3) is 3.09. The number of anilines is 2. The first-order chi connectivity index (χ1) is 8.16. The van der Waals surface area contributed by atoms with E-state index in [1.54, 1.807) is 6.20 Å². The van der Waals surface area contributed by atoms with E-state index in [0.29, 0.717) is 6.04 Å². The monoisotopic (exact) mass is 234 g/mol. The van der Waals surface area contributed by atoms with Gasteiger partial charge in [-0.1, -0.05) is 6.42 Å². The number of nitrogens with two attached hydrogens (primary N) is 1. The summed E-state index contributed by atoms with van der Waals surface area (Å²) in [5, 5.41) is 3.43. The van der Waals surface area contributed by atoms with Crippen molar-refractivity contribution in [1.82, 2.24) is 9.88 Å². The molecule has 94 valence electrons. The molecule has 1 saturated heterocycles. The fraction of sp³-hybridized carbons (Fsp3) is 0.615. The minimum Gasteiger partial charge on any atom is -0.397 e. The van der Waals surface area contributed by atoms with Crippen molar-refractivity contribution in [2.24, 2.45) is 0 Å². The van der Waals surface area contributed by atoms with Gasteiger partial charge in [-0.25, -0.2) is 4.98 Å². The molecule has 1 aromatic heterocycles. The van der Waals surface area contributed by atoms with Crippen LogP contribution in [0.15, 0.2) is 12.3 Å². The molecule has 4 heteroatoms. The molecule has 1 atom stereocenters. The summed E-state index contributed by atoms with van der Waals surface area (Å²) >= 11 is 0. The lowest BCUT2D eigenvalue weighted by Crippen LogP contribution is -2.40. The lowest BCUT2D eigenvalue weighted by Gasteiger charge is -2.32. The average Bonchev–Trinajstić information content (AvgIpc) is 2.30. The van der Waals surface area contributed by atoms with Crippen molar-refractivity contribution in [3.8, 4) is 0 Å². The van der Waals surface area contributed by atoms with Gasteiger partial charge in [-0.2, -0.15) is 0 Å². The number of likely N-dealkylation sites (N-methyl/N-ethyl adjacent to an activating group) is 1. The Morgan fingerprint density at radius 3 is 3.06 bits per heavy atom. The number of rotatable bonds is 3. The molecule has 0 spiro atoms. The summed E-state index contributed by atoms with van der Waals surface area (Å²) < 4.78 is 0. The van der Waals surface area contributed by atoms with Gasteiger partial charge in [0.25, 0.3) is 0 Å². The molecule has 0 saturated carbocycles. The van der Waals surface area contributed by atoms with Crippen molar-refractivity contribution in [1.29, 1.82) is 0 Å². The van der Waals surface area contributed by atoms with Gasteiger partial charge in [0.15, 0.2) is 0 Å². The van der Waals surface area contributed by atoms with Crippen molar-refractivity contribution in [3.05, 3.63) is 17.8 Å². The first-order valence-electron chi connectivity index (χ1n) is 6.33. The molecule has 1 unspecified atom stereocenters.